The highest BCUT2D eigenvalue weighted by molar-refractivity contribution is 7.07. The van der Waals surface area contributed by atoms with Gasteiger partial charge in [0.15, 0.2) is 4.80 Å². The zero-order valence-corrected chi connectivity index (χ0v) is 28.7. The highest BCUT2D eigenvalue weighted by Crippen LogP contribution is 2.37. The number of anilines is 1. The number of carbonyl (C=O) groups is 1. The standard InChI is InChI=1S/C41H37N3O4S/c1-5-33(29-18-10-7-11-19-29)43(31-22-14-9-15-23-31)34(30-20-12-8-13-21-30)26-27-36-39(45)44-38(32-24-16-17-25-35(32)47-4)37(40(46)48-6-2)28(3)42-41(44)49-36/h5,7-27,38H,6H2,1-4H3/b33-5-,34-26+,36-27-. The molecule has 0 radical (unpaired) electrons. The Morgan fingerprint density at radius 1 is 0.878 bits per heavy atom. The predicted octanol–water partition coefficient (Wildman–Crippen LogP) is 7.37. The topological polar surface area (TPSA) is 73.1 Å². The fraction of sp³-hybridized carbons (Fsp3) is 0.146. The van der Waals surface area contributed by atoms with Crippen LogP contribution in [0.1, 0.15) is 43.5 Å². The molecule has 1 atom stereocenters. The number of ether oxygens (including phenoxy) is 2. The number of para-hydroxylation sites is 2. The van der Waals surface area contributed by atoms with Gasteiger partial charge >= 0.3 is 5.97 Å². The number of aromatic nitrogens is 1. The molecule has 5 aromatic rings. The summed E-state index contributed by atoms with van der Waals surface area (Å²) in [6.45, 7) is 5.76. The number of fused-ring (bicyclic) bond motifs is 1. The number of thiazole rings is 1. The zero-order chi connectivity index (χ0) is 34.3. The van der Waals surface area contributed by atoms with Crippen LogP contribution >= 0.6 is 11.3 Å². The van der Waals surface area contributed by atoms with Crippen molar-refractivity contribution >= 4 is 40.5 Å². The van der Waals surface area contributed by atoms with Crippen molar-refractivity contribution in [3.8, 4) is 5.75 Å². The summed E-state index contributed by atoms with van der Waals surface area (Å²) in [6.07, 6.45) is 5.93. The molecule has 6 rings (SSSR count). The first-order valence-corrected chi connectivity index (χ1v) is 16.9. The van der Waals surface area contributed by atoms with E-state index in [2.05, 4.69) is 47.4 Å². The van der Waals surface area contributed by atoms with Gasteiger partial charge < -0.3 is 14.4 Å². The van der Waals surface area contributed by atoms with Crippen molar-refractivity contribution in [2.75, 3.05) is 18.6 Å². The van der Waals surface area contributed by atoms with Crippen LogP contribution in [-0.4, -0.2) is 24.3 Å². The van der Waals surface area contributed by atoms with E-state index in [1.807, 2.05) is 97.9 Å². The van der Waals surface area contributed by atoms with Crippen LogP contribution in [0.3, 0.4) is 0 Å². The lowest BCUT2D eigenvalue weighted by Crippen LogP contribution is -2.40. The first-order chi connectivity index (χ1) is 24.0. The number of rotatable bonds is 10. The predicted molar refractivity (Wildman–Crippen MR) is 198 cm³/mol. The van der Waals surface area contributed by atoms with E-state index in [1.54, 1.807) is 25.5 Å². The second-order valence-corrected chi connectivity index (χ2v) is 12.2. The van der Waals surface area contributed by atoms with Gasteiger partial charge in [-0.25, -0.2) is 9.79 Å². The first-order valence-electron chi connectivity index (χ1n) is 16.1. The number of benzene rings is 4. The summed E-state index contributed by atoms with van der Waals surface area (Å²) in [7, 11) is 1.58. The first kappa shape index (κ1) is 33.2. The van der Waals surface area contributed by atoms with Crippen molar-refractivity contribution < 1.29 is 14.3 Å². The summed E-state index contributed by atoms with van der Waals surface area (Å²) in [4.78, 5) is 35.3. The Labute approximate surface area is 289 Å². The summed E-state index contributed by atoms with van der Waals surface area (Å²) in [6, 6.07) is 37.2. The number of nitrogens with zero attached hydrogens (tertiary/aromatic N) is 3. The monoisotopic (exact) mass is 667 g/mol. The van der Waals surface area contributed by atoms with Crippen molar-refractivity contribution in [3.63, 3.8) is 0 Å². The average Bonchev–Trinajstić information content (AvgIpc) is 3.45. The number of carbonyl (C=O) groups excluding carboxylic acids is 1. The van der Waals surface area contributed by atoms with Gasteiger partial charge in [-0.05, 0) is 62.2 Å². The van der Waals surface area contributed by atoms with Crippen LogP contribution in [0.15, 0.2) is 148 Å². The molecule has 0 saturated carbocycles. The number of hydrogen-bond acceptors (Lipinski definition) is 7. The molecule has 0 fully saturated rings. The zero-order valence-electron chi connectivity index (χ0n) is 27.9. The number of allylic oxidation sites excluding steroid dienone is 3. The maximum Gasteiger partial charge on any atom is 0.338 e. The average molecular weight is 668 g/mol. The van der Waals surface area contributed by atoms with Gasteiger partial charge in [0, 0.05) is 16.9 Å². The van der Waals surface area contributed by atoms with E-state index >= 15 is 0 Å². The molecule has 1 aliphatic heterocycles. The number of methoxy groups -OCH3 is 1. The fourth-order valence-electron chi connectivity index (χ4n) is 6.07. The number of esters is 1. The van der Waals surface area contributed by atoms with Gasteiger partial charge in [0.25, 0.3) is 5.56 Å². The molecule has 49 heavy (non-hydrogen) atoms. The molecule has 1 aromatic heterocycles. The normalized spacial score (nSPS) is 15.0. The van der Waals surface area contributed by atoms with Crippen molar-refractivity contribution in [2.24, 2.45) is 4.99 Å². The third kappa shape index (κ3) is 6.68. The molecule has 0 saturated heterocycles. The Kier molecular flexibility index (Phi) is 10.2. The number of hydrogen-bond donors (Lipinski definition) is 0. The van der Waals surface area contributed by atoms with Gasteiger partial charge in [-0.15, -0.1) is 0 Å². The molecule has 0 N–H and O–H groups in total. The Balaban J connectivity index is 1.59. The van der Waals surface area contributed by atoms with E-state index in [4.69, 9.17) is 14.5 Å². The Morgan fingerprint density at radius 2 is 1.47 bits per heavy atom. The minimum atomic E-state index is -0.778. The lowest BCUT2D eigenvalue weighted by Gasteiger charge is -2.30. The summed E-state index contributed by atoms with van der Waals surface area (Å²) < 4.78 is 13.2. The highest BCUT2D eigenvalue weighted by atomic mass is 32.1. The van der Waals surface area contributed by atoms with E-state index < -0.39 is 12.0 Å². The minimum absolute atomic E-state index is 0.195. The molecule has 2 heterocycles. The Bertz CT molecular complexity index is 2230. The smallest absolute Gasteiger partial charge is 0.338 e. The molecule has 1 unspecified atom stereocenters. The lowest BCUT2D eigenvalue weighted by molar-refractivity contribution is -0.139. The maximum absolute atomic E-state index is 14.4. The molecule has 0 spiro atoms. The second-order valence-electron chi connectivity index (χ2n) is 11.2. The fourth-order valence-corrected chi connectivity index (χ4v) is 7.06. The third-order valence-electron chi connectivity index (χ3n) is 8.25. The minimum Gasteiger partial charge on any atom is -0.496 e. The van der Waals surface area contributed by atoms with Gasteiger partial charge in [-0.3, -0.25) is 9.36 Å². The van der Waals surface area contributed by atoms with E-state index in [1.165, 1.54) is 11.3 Å². The lowest BCUT2D eigenvalue weighted by atomic mass is 9.95. The second kappa shape index (κ2) is 15.0. The maximum atomic E-state index is 14.4. The molecule has 0 aliphatic carbocycles. The summed E-state index contributed by atoms with van der Waals surface area (Å²) in [5, 5.41) is 0. The van der Waals surface area contributed by atoms with E-state index in [-0.39, 0.29) is 12.2 Å². The molecular weight excluding hydrogens is 631 g/mol. The van der Waals surface area contributed by atoms with Crippen molar-refractivity contribution in [3.05, 3.63) is 175 Å². The molecule has 0 bridgehead atoms. The van der Waals surface area contributed by atoms with Crippen molar-refractivity contribution in [1.29, 1.82) is 0 Å². The quantitative estimate of drug-likeness (QED) is 0.146. The highest BCUT2D eigenvalue weighted by Gasteiger charge is 2.35. The molecular formula is C41H37N3O4S. The Morgan fingerprint density at radius 3 is 2.08 bits per heavy atom. The third-order valence-corrected chi connectivity index (χ3v) is 9.25. The van der Waals surface area contributed by atoms with E-state index in [9.17, 15) is 9.59 Å². The van der Waals surface area contributed by atoms with Crippen LogP contribution in [0.5, 0.6) is 5.75 Å². The van der Waals surface area contributed by atoms with E-state index in [0.717, 1.165) is 28.2 Å². The molecule has 1 aliphatic rings. The van der Waals surface area contributed by atoms with Crippen LogP contribution in [-0.2, 0) is 9.53 Å². The van der Waals surface area contributed by atoms with Crippen LogP contribution in [0.25, 0.3) is 17.5 Å². The molecule has 4 aromatic carbocycles. The molecule has 246 valence electrons. The molecule has 8 heteroatoms. The van der Waals surface area contributed by atoms with Crippen molar-refractivity contribution in [2.45, 2.75) is 26.8 Å². The van der Waals surface area contributed by atoms with Crippen LogP contribution in [0.2, 0.25) is 0 Å². The summed E-state index contributed by atoms with van der Waals surface area (Å²) in [5.74, 6) is 0.0432. The van der Waals surface area contributed by atoms with Gasteiger partial charge in [0.05, 0.1) is 35.2 Å². The van der Waals surface area contributed by atoms with Crippen LogP contribution < -0.4 is 24.5 Å². The Hall–Kier alpha value is -5.73. The van der Waals surface area contributed by atoms with Crippen LogP contribution in [0.4, 0.5) is 5.69 Å². The van der Waals surface area contributed by atoms with Gasteiger partial charge in [-0.2, -0.15) is 0 Å². The van der Waals surface area contributed by atoms with Crippen LogP contribution in [0, 0.1) is 0 Å². The van der Waals surface area contributed by atoms with Gasteiger partial charge in [0.1, 0.15) is 11.8 Å². The molecule has 0 amide bonds. The summed E-state index contributed by atoms with van der Waals surface area (Å²) >= 11 is 1.28. The van der Waals surface area contributed by atoms with E-state index in [0.29, 0.717) is 31.9 Å². The van der Waals surface area contributed by atoms with Gasteiger partial charge in [-0.1, -0.05) is 114 Å². The SMILES string of the molecule is C/C=C(/c1ccccc1)N(/C(=C/C=c1\sc2n(c1=O)C(c1ccccc1OC)C(C(=O)OCC)=C(C)N=2)c1ccccc1)c1ccccc1. The summed E-state index contributed by atoms with van der Waals surface area (Å²) in [5.41, 5.74) is 6.06. The van der Waals surface area contributed by atoms with Crippen molar-refractivity contribution in [1.82, 2.24) is 4.57 Å². The largest absolute Gasteiger partial charge is 0.496 e. The van der Waals surface area contributed by atoms with Gasteiger partial charge in [0.2, 0.25) is 0 Å². The molecule has 7 nitrogen and oxygen atoms in total.